The average molecular weight is 180 g/mol. The molecule has 3 heteroatoms. The zero-order chi connectivity index (χ0) is 8.72. The van der Waals surface area contributed by atoms with Crippen LogP contribution in [0.4, 0.5) is 0 Å². The van der Waals surface area contributed by atoms with Crippen LogP contribution in [0.3, 0.4) is 0 Å². The number of fused-ring (bicyclic) bond motifs is 1. The first-order chi connectivity index (χ1) is 5.68. The van der Waals surface area contributed by atoms with Gasteiger partial charge in [-0.3, -0.25) is 0 Å². The quantitative estimate of drug-likeness (QED) is 0.612. The van der Waals surface area contributed by atoms with Crippen molar-refractivity contribution in [3.63, 3.8) is 0 Å². The number of aryl methyl sites for hydroxylation is 1. The van der Waals surface area contributed by atoms with Gasteiger partial charge in [0.05, 0.1) is 4.70 Å². The van der Waals surface area contributed by atoms with Gasteiger partial charge in [-0.2, -0.15) is 0 Å². The summed E-state index contributed by atoms with van der Waals surface area (Å²) in [6, 6.07) is 5.29. The van der Waals surface area contributed by atoms with E-state index in [1.54, 1.807) is 6.07 Å². The fourth-order valence-electron chi connectivity index (χ4n) is 1.21. The van der Waals surface area contributed by atoms with Crippen molar-refractivity contribution in [2.45, 2.75) is 6.92 Å². The summed E-state index contributed by atoms with van der Waals surface area (Å²) < 4.78 is 0.757. The molecule has 2 N–H and O–H groups in total. The van der Waals surface area contributed by atoms with Crippen LogP contribution in [-0.2, 0) is 0 Å². The molecular formula is C9H8O2S. The van der Waals surface area contributed by atoms with Crippen LogP contribution in [0.2, 0.25) is 0 Å². The minimum atomic E-state index is -0.0515. The van der Waals surface area contributed by atoms with Crippen molar-refractivity contribution in [2.24, 2.45) is 0 Å². The zero-order valence-electron chi connectivity index (χ0n) is 6.53. The fraction of sp³-hybridized carbons (Fsp3) is 0.111. The Balaban J connectivity index is 2.89. The lowest BCUT2D eigenvalue weighted by molar-refractivity contribution is 0.409. The number of thiophene rings is 1. The minimum Gasteiger partial charge on any atom is -0.504 e. The van der Waals surface area contributed by atoms with Gasteiger partial charge in [0, 0.05) is 4.88 Å². The minimum absolute atomic E-state index is 0.00870. The number of hydrogen-bond acceptors (Lipinski definition) is 3. The lowest BCUT2D eigenvalue weighted by Gasteiger charge is -1.96. The van der Waals surface area contributed by atoms with E-state index >= 15 is 0 Å². The molecule has 0 aliphatic rings. The van der Waals surface area contributed by atoms with Crippen molar-refractivity contribution in [1.29, 1.82) is 0 Å². The molecule has 0 saturated heterocycles. The molecule has 2 rings (SSSR count). The van der Waals surface area contributed by atoms with Crippen LogP contribution in [0.5, 0.6) is 11.5 Å². The average Bonchev–Trinajstić information content (AvgIpc) is 2.39. The molecule has 0 fully saturated rings. The maximum absolute atomic E-state index is 9.43. The van der Waals surface area contributed by atoms with Gasteiger partial charge in [0.15, 0.2) is 11.5 Å². The Morgan fingerprint density at radius 3 is 2.75 bits per heavy atom. The predicted molar refractivity (Wildman–Crippen MR) is 49.9 cm³/mol. The maximum Gasteiger partial charge on any atom is 0.175 e. The van der Waals surface area contributed by atoms with Crippen molar-refractivity contribution in [3.8, 4) is 11.5 Å². The third kappa shape index (κ3) is 0.940. The first kappa shape index (κ1) is 7.43. The molecule has 0 amide bonds. The molecule has 0 radical (unpaired) electrons. The second-order valence-corrected chi connectivity index (χ2v) is 3.97. The van der Waals surface area contributed by atoms with Gasteiger partial charge in [-0.05, 0) is 30.5 Å². The van der Waals surface area contributed by atoms with E-state index < -0.39 is 0 Å². The summed E-state index contributed by atoms with van der Waals surface area (Å²) in [7, 11) is 0. The van der Waals surface area contributed by atoms with E-state index in [4.69, 9.17) is 0 Å². The van der Waals surface area contributed by atoms with Crippen LogP contribution in [0.25, 0.3) is 10.1 Å². The van der Waals surface area contributed by atoms with Crippen molar-refractivity contribution in [2.75, 3.05) is 0 Å². The second kappa shape index (κ2) is 2.38. The summed E-state index contributed by atoms with van der Waals surface area (Å²) in [5.41, 5.74) is 0. The van der Waals surface area contributed by atoms with Crippen LogP contribution >= 0.6 is 11.3 Å². The van der Waals surface area contributed by atoms with Crippen molar-refractivity contribution in [3.05, 3.63) is 23.1 Å². The molecule has 0 spiro atoms. The standard InChI is InChI=1S/C9H8O2S/c1-5-4-6-2-3-7(10)8(11)9(6)12-5/h2-4,10-11H,1H3. The highest BCUT2D eigenvalue weighted by molar-refractivity contribution is 7.19. The van der Waals surface area contributed by atoms with E-state index in [-0.39, 0.29) is 11.5 Å². The van der Waals surface area contributed by atoms with Crippen LogP contribution < -0.4 is 0 Å². The number of aromatic hydroxyl groups is 2. The van der Waals surface area contributed by atoms with Gasteiger partial charge in [0.2, 0.25) is 0 Å². The topological polar surface area (TPSA) is 40.5 Å². The van der Waals surface area contributed by atoms with Crippen LogP contribution in [0.15, 0.2) is 18.2 Å². The smallest absolute Gasteiger partial charge is 0.175 e. The summed E-state index contributed by atoms with van der Waals surface area (Å²) in [5.74, 6) is -0.0602. The van der Waals surface area contributed by atoms with Crippen molar-refractivity contribution >= 4 is 21.4 Å². The third-order valence-electron chi connectivity index (χ3n) is 1.76. The molecule has 2 nitrogen and oxygen atoms in total. The highest BCUT2D eigenvalue weighted by Crippen LogP contribution is 2.38. The monoisotopic (exact) mass is 180 g/mol. The molecule has 0 aliphatic heterocycles. The Hall–Kier alpha value is -1.22. The Kier molecular flexibility index (Phi) is 1.48. The van der Waals surface area contributed by atoms with Gasteiger partial charge in [0.25, 0.3) is 0 Å². The molecule has 12 heavy (non-hydrogen) atoms. The Bertz CT molecular complexity index is 431. The van der Waals surface area contributed by atoms with Gasteiger partial charge in [-0.15, -0.1) is 11.3 Å². The van der Waals surface area contributed by atoms with Crippen LogP contribution in [0.1, 0.15) is 4.88 Å². The van der Waals surface area contributed by atoms with Gasteiger partial charge in [-0.25, -0.2) is 0 Å². The van der Waals surface area contributed by atoms with E-state index in [0.29, 0.717) is 0 Å². The summed E-state index contributed by atoms with van der Waals surface area (Å²) in [6.45, 7) is 1.97. The first-order valence-corrected chi connectivity index (χ1v) is 4.41. The van der Waals surface area contributed by atoms with Gasteiger partial charge in [-0.1, -0.05) is 0 Å². The number of benzene rings is 1. The van der Waals surface area contributed by atoms with E-state index in [1.165, 1.54) is 17.4 Å². The molecule has 0 saturated carbocycles. The van der Waals surface area contributed by atoms with E-state index in [1.807, 2.05) is 13.0 Å². The van der Waals surface area contributed by atoms with E-state index in [0.717, 1.165) is 15.0 Å². The number of phenols is 2. The second-order valence-electron chi connectivity index (χ2n) is 2.71. The molecule has 1 heterocycles. The molecule has 62 valence electrons. The van der Waals surface area contributed by atoms with Crippen LogP contribution in [0, 0.1) is 6.92 Å². The Morgan fingerprint density at radius 1 is 1.25 bits per heavy atom. The van der Waals surface area contributed by atoms with E-state index in [2.05, 4.69) is 0 Å². The largest absolute Gasteiger partial charge is 0.504 e. The normalized spacial score (nSPS) is 10.8. The third-order valence-corrected chi connectivity index (χ3v) is 2.84. The SMILES string of the molecule is Cc1cc2ccc(O)c(O)c2s1. The molecule has 0 aliphatic carbocycles. The molecule has 1 aromatic heterocycles. The van der Waals surface area contributed by atoms with Gasteiger partial charge < -0.3 is 10.2 Å². The highest BCUT2D eigenvalue weighted by atomic mass is 32.1. The number of phenolic OH excluding ortho intramolecular Hbond substituents is 2. The lowest BCUT2D eigenvalue weighted by atomic mass is 10.2. The summed E-state index contributed by atoms with van der Waals surface area (Å²) in [5, 5.41) is 19.6. The zero-order valence-corrected chi connectivity index (χ0v) is 7.35. The van der Waals surface area contributed by atoms with E-state index in [9.17, 15) is 10.2 Å². The predicted octanol–water partition coefficient (Wildman–Crippen LogP) is 2.62. The Labute approximate surface area is 73.7 Å². The summed E-state index contributed by atoms with van der Waals surface area (Å²) in [4.78, 5) is 1.13. The summed E-state index contributed by atoms with van der Waals surface area (Å²) >= 11 is 1.48. The van der Waals surface area contributed by atoms with Crippen molar-refractivity contribution in [1.82, 2.24) is 0 Å². The van der Waals surface area contributed by atoms with Gasteiger partial charge >= 0.3 is 0 Å². The number of hydrogen-bond donors (Lipinski definition) is 2. The molecule has 2 aromatic rings. The highest BCUT2D eigenvalue weighted by Gasteiger charge is 2.06. The first-order valence-electron chi connectivity index (χ1n) is 3.59. The van der Waals surface area contributed by atoms with Gasteiger partial charge in [0.1, 0.15) is 0 Å². The lowest BCUT2D eigenvalue weighted by Crippen LogP contribution is -1.67. The van der Waals surface area contributed by atoms with Crippen LogP contribution in [-0.4, -0.2) is 10.2 Å². The summed E-state index contributed by atoms with van der Waals surface area (Å²) in [6.07, 6.45) is 0. The molecule has 0 bridgehead atoms. The maximum atomic E-state index is 9.43. The molecular weight excluding hydrogens is 172 g/mol. The van der Waals surface area contributed by atoms with Crippen molar-refractivity contribution < 1.29 is 10.2 Å². The molecule has 0 unspecified atom stereocenters. The molecule has 0 atom stereocenters. The Morgan fingerprint density at radius 2 is 2.00 bits per heavy atom. The number of rotatable bonds is 0. The molecule has 1 aromatic carbocycles. The fourth-order valence-corrected chi connectivity index (χ4v) is 2.16.